The first-order valence-corrected chi connectivity index (χ1v) is 8.97. The number of amides is 1. The number of carbonyl (C=O) groups is 1. The summed E-state index contributed by atoms with van der Waals surface area (Å²) in [5.74, 6) is 0.0137. The van der Waals surface area contributed by atoms with E-state index in [4.69, 9.17) is 5.73 Å². The molecule has 3 unspecified atom stereocenters. The summed E-state index contributed by atoms with van der Waals surface area (Å²) in [6.07, 6.45) is 5.30. The Hall–Kier alpha value is -0.620. The molecule has 1 aliphatic rings. The molecule has 0 saturated heterocycles. The molecule has 0 bridgehead atoms. The molecule has 2 N–H and O–H groups in total. The summed E-state index contributed by atoms with van der Waals surface area (Å²) in [7, 11) is -3.34. The van der Waals surface area contributed by atoms with Crippen molar-refractivity contribution < 1.29 is 13.2 Å². The highest BCUT2D eigenvalue weighted by Gasteiger charge is 2.35. The van der Waals surface area contributed by atoms with Crippen LogP contribution in [0.25, 0.3) is 0 Å². The van der Waals surface area contributed by atoms with E-state index in [0.29, 0.717) is 19.0 Å². The van der Waals surface area contributed by atoms with Crippen LogP contribution >= 0.6 is 0 Å². The Morgan fingerprint density at radius 3 is 2.42 bits per heavy atom. The summed E-state index contributed by atoms with van der Waals surface area (Å²) >= 11 is 0. The predicted molar refractivity (Wildman–Crippen MR) is 76.5 cm³/mol. The Kier molecular flexibility index (Phi) is 5.80. The van der Waals surface area contributed by atoms with Crippen LogP contribution in [0.1, 0.15) is 39.5 Å². The van der Waals surface area contributed by atoms with Gasteiger partial charge in [-0.25, -0.2) is 8.42 Å². The van der Waals surface area contributed by atoms with E-state index in [9.17, 15) is 13.2 Å². The first kappa shape index (κ1) is 16.4. The molecule has 0 aromatic rings. The van der Waals surface area contributed by atoms with Crippen molar-refractivity contribution in [3.63, 3.8) is 0 Å². The number of carbonyl (C=O) groups excluding carboxylic acids is 1. The molecular formula is C13H26N2O3S. The van der Waals surface area contributed by atoms with Crippen molar-refractivity contribution >= 4 is 15.7 Å². The highest BCUT2D eigenvalue weighted by atomic mass is 32.2. The molecule has 1 rings (SSSR count). The van der Waals surface area contributed by atoms with Crippen molar-refractivity contribution in [2.24, 2.45) is 11.7 Å². The molecule has 6 heteroatoms. The number of nitrogens with two attached hydrogens (primary N) is 1. The molecule has 0 heterocycles. The van der Waals surface area contributed by atoms with E-state index in [2.05, 4.69) is 0 Å². The minimum absolute atomic E-state index is 0.0976. The summed E-state index contributed by atoms with van der Waals surface area (Å²) in [6.45, 7) is 4.47. The van der Waals surface area contributed by atoms with E-state index < -0.39 is 15.1 Å². The Labute approximate surface area is 116 Å². The summed E-state index contributed by atoms with van der Waals surface area (Å²) in [4.78, 5) is 14.1. The van der Waals surface area contributed by atoms with Gasteiger partial charge in [-0.05, 0) is 39.2 Å². The van der Waals surface area contributed by atoms with Crippen LogP contribution in [0.15, 0.2) is 0 Å². The molecule has 112 valence electrons. The normalized spacial score (nSPS) is 25.9. The van der Waals surface area contributed by atoms with Gasteiger partial charge in [0.05, 0.1) is 0 Å². The van der Waals surface area contributed by atoms with Gasteiger partial charge in [-0.2, -0.15) is 0 Å². The highest BCUT2D eigenvalue weighted by molar-refractivity contribution is 7.92. The standard InChI is InChI=1S/C13H26N2O3S/c1-4-15(13(16)10(2)19(3,17)18)12-8-6-5-7-11(12)9-14/h10-12H,4-9,14H2,1-3H3. The maximum atomic E-state index is 12.4. The van der Waals surface area contributed by atoms with Crippen molar-refractivity contribution in [1.82, 2.24) is 4.90 Å². The minimum atomic E-state index is -3.34. The van der Waals surface area contributed by atoms with Crippen LogP contribution in [0.2, 0.25) is 0 Å². The lowest BCUT2D eigenvalue weighted by molar-refractivity contribution is -0.134. The molecular weight excluding hydrogens is 264 g/mol. The van der Waals surface area contributed by atoms with Crippen molar-refractivity contribution in [1.29, 1.82) is 0 Å². The zero-order chi connectivity index (χ0) is 14.6. The van der Waals surface area contributed by atoms with Gasteiger partial charge in [0, 0.05) is 18.8 Å². The Morgan fingerprint density at radius 2 is 1.95 bits per heavy atom. The lowest BCUT2D eigenvalue weighted by Gasteiger charge is -2.40. The largest absolute Gasteiger partial charge is 0.339 e. The van der Waals surface area contributed by atoms with Gasteiger partial charge in [-0.1, -0.05) is 12.8 Å². The average Bonchev–Trinajstić information content (AvgIpc) is 2.38. The highest BCUT2D eigenvalue weighted by Crippen LogP contribution is 2.28. The SMILES string of the molecule is CCN(C(=O)C(C)S(C)(=O)=O)C1CCCCC1CN. The smallest absolute Gasteiger partial charge is 0.240 e. The number of sulfone groups is 1. The summed E-state index contributed by atoms with van der Waals surface area (Å²) < 4.78 is 23.1. The van der Waals surface area contributed by atoms with Gasteiger partial charge in [0.15, 0.2) is 9.84 Å². The third kappa shape index (κ3) is 3.92. The van der Waals surface area contributed by atoms with Crippen LogP contribution in [-0.4, -0.2) is 49.9 Å². The molecule has 0 spiro atoms. The molecule has 0 aromatic carbocycles. The Bertz CT molecular complexity index is 408. The quantitative estimate of drug-likeness (QED) is 0.811. The van der Waals surface area contributed by atoms with Crippen LogP contribution in [-0.2, 0) is 14.6 Å². The second-order valence-corrected chi connectivity index (χ2v) is 7.81. The molecule has 1 aliphatic carbocycles. The first-order chi connectivity index (χ1) is 8.82. The first-order valence-electron chi connectivity index (χ1n) is 7.02. The third-order valence-electron chi connectivity index (χ3n) is 4.19. The van der Waals surface area contributed by atoms with Gasteiger partial charge in [-0.3, -0.25) is 4.79 Å². The number of hydrogen-bond acceptors (Lipinski definition) is 4. The van der Waals surface area contributed by atoms with Crippen molar-refractivity contribution in [3.8, 4) is 0 Å². The second kappa shape index (κ2) is 6.70. The van der Waals surface area contributed by atoms with Crippen LogP contribution in [0, 0.1) is 5.92 Å². The Balaban J connectivity index is 2.89. The zero-order valence-corrected chi connectivity index (χ0v) is 12.9. The molecule has 0 aliphatic heterocycles. The second-order valence-electron chi connectivity index (χ2n) is 5.44. The predicted octanol–water partition coefficient (Wildman–Crippen LogP) is 0.786. The summed E-state index contributed by atoms with van der Waals surface area (Å²) in [5, 5.41) is -0.965. The van der Waals surface area contributed by atoms with Crippen LogP contribution in [0.3, 0.4) is 0 Å². The zero-order valence-electron chi connectivity index (χ0n) is 12.1. The average molecular weight is 290 g/mol. The number of nitrogens with zero attached hydrogens (tertiary/aromatic N) is 1. The van der Waals surface area contributed by atoms with Gasteiger partial charge in [-0.15, -0.1) is 0 Å². The van der Waals surface area contributed by atoms with E-state index in [-0.39, 0.29) is 11.9 Å². The Morgan fingerprint density at radius 1 is 1.37 bits per heavy atom. The van der Waals surface area contributed by atoms with E-state index >= 15 is 0 Å². The minimum Gasteiger partial charge on any atom is -0.339 e. The molecule has 0 aromatic heterocycles. The molecule has 5 nitrogen and oxygen atoms in total. The van der Waals surface area contributed by atoms with E-state index in [1.54, 1.807) is 4.90 Å². The monoisotopic (exact) mass is 290 g/mol. The van der Waals surface area contributed by atoms with Crippen LogP contribution < -0.4 is 5.73 Å². The van der Waals surface area contributed by atoms with E-state index in [1.807, 2.05) is 6.92 Å². The van der Waals surface area contributed by atoms with E-state index in [0.717, 1.165) is 31.9 Å². The lowest BCUT2D eigenvalue weighted by Crippen LogP contribution is -2.51. The van der Waals surface area contributed by atoms with Crippen molar-refractivity contribution in [2.75, 3.05) is 19.3 Å². The fourth-order valence-corrected chi connectivity index (χ4v) is 3.35. The van der Waals surface area contributed by atoms with Crippen molar-refractivity contribution in [3.05, 3.63) is 0 Å². The molecule has 1 saturated carbocycles. The molecule has 19 heavy (non-hydrogen) atoms. The lowest BCUT2D eigenvalue weighted by atomic mass is 9.83. The molecule has 1 amide bonds. The topological polar surface area (TPSA) is 80.5 Å². The fourth-order valence-electron chi connectivity index (χ4n) is 2.84. The maximum absolute atomic E-state index is 12.4. The number of rotatable bonds is 5. The third-order valence-corrected chi connectivity index (χ3v) is 5.67. The summed E-state index contributed by atoms with van der Waals surface area (Å²) in [6, 6.07) is 0.0976. The summed E-state index contributed by atoms with van der Waals surface area (Å²) in [5.41, 5.74) is 5.79. The molecule has 3 atom stereocenters. The van der Waals surface area contributed by atoms with Gasteiger partial charge >= 0.3 is 0 Å². The van der Waals surface area contributed by atoms with Crippen molar-refractivity contribution in [2.45, 2.75) is 50.8 Å². The van der Waals surface area contributed by atoms with E-state index in [1.165, 1.54) is 6.92 Å². The van der Waals surface area contributed by atoms with Gasteiger partial charge in [0.2, 0.25) is 5.91 Å². The van der Waals surface area contributed by atoms with Crippen LogP contribution in [0.5, 0.6) is 0 Å². The number of hydrogen-bond donors (Lipinski definition) is 1. The maximum Gasteiger partial charge on any atom is 0.240 e. The van der Waals surface area contributed by atoms with Gasteiger partial charge < -0.3 is 10.6 Å². The fraction of sp³-hybridized carbons (Fsp3) is 0.923. The van der Waals surface area contributed by atoms with Gasteiger partial charge in [0.25, 0.3) is 0 Å². The van der Waals surface area contributed by atoms with Crippen LogP contribution in [0.4, 0.5) is 0 Å². The molecule has 0 radical (unpaired) electrons. The molecule has 1 fully saturated rings. The van der Waals surface area contributed by atoms with Gasteiger partial charge in [0.1, 0.15) is 5.25 Å².